The van der Waals surface area contributed by atoms with E-state index in [4.69, 9.17) is 5.11 Å². The molecule has 4 saturated carbocycles. The van der Waals surface area contributed by atoms with Gasteiger partial charge in [0.25, 0.3) is 0 Å². The second-order valence-corrected chi connectivity index (χ2v) is 6.21. The quantitative estimate of drug-likeness (QED) is 0.742. The van der Waals surface area contributed by atoms with Crippen molar-refractivity contribution in [2.75, 3.05) is 0 Å². The van der Waals surface area contributed by atoms with Gasteiger partial charge in [0, 0.05) is 5.57 Å². The second kappa shape index (κ2) is 3.61. The van der Waals surface area contributed by atoms with E-state index in [-0.39, 0.29) is 0 Å². The Morgan fingerprint density at radius 2 is 1.56 bits per heavy atom. The molecule has 0 saturated heterocycles. The van der Waals surface area contributed by atoms with Crippen LogP contribution in [0.3, 0.4) is 0 Å². The van der Waals surface area contributed by atoms with Crippen LogP contribution in [0, 0.1) is 29.6 Å². The molecule has 0 radical (unpaired) electrons. The Bertz CT molecular complexity index is 304. The van der Waals surface area contributed by atoms with E-state index >= 15 is 0 Å². The van der Waals surface area contributed by atoms with Gasteiger partial charge in [-0.1, -0.05) is 6.58 Å². The summed E-state index contributed by atoms with van der Waals surface area (Å²) < 4.78 is 0. The lowest BCUT2D eigenvalue weighted by Crippen LogP contribution is -2.45. The Morgan fingerprint density at radius 3 is 2.00 bits per heavy atom. The largest absolute Gasteiger partial charge is 0.478 e. The molecular weight excluding hydrogens is 200 g/mol. The van der Waals surface area contributed by atoms with Crippen molar-refractivity contribution in [3.05, 3.63) is 12.2 Å². The van der Waals surface area contributed by atoms with Crippen molar-refractivity contribution < 1.29 is 9.90 Å². The summed E-state index contributed by atoms with van der Waals surface area (Å²) in [4.78, 5) is 10.9. The van der Waals surface area contributed by atoms with Gasteiger partial charge in [-0.05, 0) is 68.1 Å². The molecule has 1 N–H and O–H groups in total. The lowest BCUT2D eigenvalue weighted by molar-refractivity contribution is -0.133. The van der Waals surface area contributed by atoms with Crippen molar-refractivity contribution in [2.45, 2.75) is 38.5 Å². The fourth-order valence-corrected chi connectivity index (χ4v) is 4.74. The Balaban J connectivity index is 1.72. The molecule has 4 aliphatic carbocycles. The zero-order chi connectivity index (χ0) is 11.3. The summed E-state index contributed by atoms with van der Waals surface area (Å²) in [5.74, 6) is 3.40. The molecule has 0 aliphatic heterocycles. The summed E-state index contributed by atoms with van der Waals surface area (Å²) in [5, 5.41) is 8.94. The summed E-state index contributed by atoms with van der Waals surface area (Å²) in [6.07, 6.45) is 7.66. The van der Waals surface area contributed by atoms with Crippen molar-refractivity contribution in [1.29, 1.82) is 0 Å². The molecule has 4 rings (SSSR count). The van der Waals surface area contributed by atoms with Crippen LogP contribution in [0.4, 0.5) is 0 Å². The minimum absolute atomic E-state index is 0.428. The van der Waals surface area contributed by atoms with Gasteiger partial charge in [-0.3, -0.25) is 0 Å². The van der Waals surface area contributed by atoms with E-state index in [0.29, 0.717) is 11.5 Å². The first-order valence-corrected chi connectivity index (χ1v) is 6.54. The molecule has 16 heavy (non-hydrogen) atoms. The maximum atomic E-state index is 10.9. The van der Waals surface area contributed by atoms with E-state index in [2.05, 4.69) is 6.58 Å². The maximum absolute atomic E-state index is 10.9. The predicted molar refractivity (Wildman–Crippen MR) is 61.9 cm³/mol. The molecule has 0 amide bonds. The van der Waals surface area contributed by atoms with Crippen LogP contribution in [0.2, 0.25) is 0 Å². The van der Waals surface area contributed by atoms with Gasteiger partial charge < -0.3 is 5.11 Å². The number of hydrogen-bond donors (Lipinski definition) is 1. The molecule has 0 aromatic heterocycles. The van der Waals surface area contributed by atoms with Crippen LogP contribution in [0.15, 0.2) is 12.2 Å². The van der Waals surface area contributed by atoms with Gasteiger partial charge >= 0.3 is 5.97 Å². The normalized spacial score (nSPS) is 44.6. The van der Waals surface area contributed by atoms with Gasteiger partial charge in [0.1, 0.15) is 0 Å². The molecule has 4 bridgehead atoms. The molecule has 4 fully saturated rings. The fraction of sp³-hybridized carbons (Fsp3) is 0.786. The highest BCUT2D eigenvalue weighted by Gasteiger charge is 2.48. The van der Waals surface area contributed by atoms with Crippen LogP contribution in [0.1, 0.15) is 38.5 Å². The van der Waals surface area contributed by atoms with Crippen LogP contribution in [0.5, 0.6) is 0 Å². The Hall–Kier alpha value is -0.790. The molecule has 0 aromatic carbocycles. The van der Waals surface area contributed by atoms with Gasteiger partial charge in [0.15, 0.2) is 0 Å². The van der Waals surface area contributed by atoms with Crippen LogP contribution in [0.25, 0.3) is 0 Å². The first kappa shape index (κ1) is 10.4. The molecular formula is C14H20O2. The van der Waals surface area contributed by atoms with E-state index in [1.807, 2.05) is 0 Å². The van der Waals surface area contributed by atoms with Crippen molar-refractivity contribution in [2.24, 2.45) is 29.6 Å². The summed E-state index contributed by atoms with van der Waals surface area (Å²) in [6.45, 7) is 3.71. The zero-order valence-electron chi connectivity index (χ0n) is 9.69. The molecule has 2 heteroatoms. The summed E-state index contributed by atoms with van der Waals surface area (Å²) in [5.41, 5.74) is 0.428. The fourth-order valence-electron chi connectivity index (χ4n) is 4.74. The van der Waals surface area contributed by atoms with Crippen molar-refractivity contribution in [1.82, 2.24) is 0 Å². The van der Waals surface area contributed by atoms with Crippen molar-refractivity contribution >= 4 is 5.97 Å². The van der Waals surface area contributed by atoms with Crippen LogP contribution in [-0.2, 0) is 4.79 Å². The third-order valence-corrected chi connectivity index (χ3v) is 5.21. The highest BCUT2D eigenvalue weighted by Crippen LogP contribution is 2.57. The average molecular weight is 220 g/mol. The lowest BCUT2D eigenvalue weighted by atomic mass is 9.51. The number of carbonyl (C=O) groups is 1. The Morgan fingerprint density at radius 1 is 1.06 bits per heavy atom. The Kier molecular flexibility index (Phi) is 2.34. The predicted octanol–water partition coefficient (Wildman–Crippen LogP) is 3.09. The smallest absolute Gasteiger partial charge is 0.330 e. The molecule has 0 aromatic rings. The summed E-state index contributed by atoms with van der Waals surface area (Å²) >= 11 is 0. The van der Waals surface area contributed by atoms with E-state index in [9.17, 15) is 4.79 Å². The average Bonchev–Trinajstić information content (AvgIpc) is 2.21. The van der Waals surface area contributed by atoms with E-state index in [1.165, 1.54) is 32.1 Å². The third kappa shape index (κ3) is 1.59. The first-order chi connectivity index (χ1) is 7.63. The van der Waals surface area contributed by atoms with Crippen molar-refractivity contribution in [3.63, 3.8) is 0 Å². The van der Waals surface area contributed by atoms with Crippen molar-refractivity contribution in [3.8, 4) is 0 Å². The molecule has 0 atom stereocenters. The number of hydrogen-bond acceptors (Lipinski definition) is 1. The highest BCUT2D eigenvalue weighted by molar-refractivity contribution is 5.85. The first-order valence-electron chi connectivity index (χ1n) is 6.54. The molecule has 0 unspecified atom stereocenters. The van der Waals surface area contributed by atoms with Crippen LogP contribution < -0.4 is 0 Å². The van der Waals surface area contributed by atoms with E-state index < -0.39 is 5.97 Å². The standard InChI is InChI=1S/C14H20O2/c1-8(14(15)16)2-13-11-4-9-3-10(6-11)7-12(13)5-9/h9-13H,1-7H2,(H,15,16). The number of carboxylic acids is 1. The monoisotopic (exact) mass is 220 g/mol. The molecule has 2 nitrogen and oxygen atoms in total. The van der Waals surface area contributed by atoms with E-state index in [0.717, 1.165) is 30.1 Å². The summed E-state index contributed by atoms with van der Waals surface area (Å²) in [7, 11) is 0. The molecule has 0 heterocycles. The number of carboxylic acid groups (broad SMARTS) is 1. The number of aliphatic carboxylic acids is 1. The van der Waals surface area contributed by atoms with Gasteiger partial charge in [-0.15, -0.1) is 0 Å². The molecule has 0 spiro atoms. The highest BCUT2D eigenvalue weighted by atomic mass is 16.4. The third-order valence-electron chi connectivity index (χ3n) is 5.21. The Labute approximate surface area is 96.7 Å². The van der Waals surface area contributed by atoms with Gasteiger partial charge in [-0.2, -0.15) is 0 Å². The van der Waals surface area contributed by atoms with E-state index in [1.54, 1.807) is 0 Å². The SMILES string of the molecule is C=C(CC1C2CC3CC(C2)CC1C3)C(=O)O. The topological polar surface area (TPSA) is 37.3 Å². The molecule has 4 aliphatic rings. The number of rotatable bonds is 3. The van der Waals surface area contributed by atoms with Gasteiger partial charge in [-0.25, -0.2) is 4.79 Å². The minimum Gasteiger partial charge on any atom is -0.478 e. The second-order valence-electron chi connectivity index (χ2n) is 6.21. The maximum Gasteiger partial charge on any atom is 0.330 e. The minimum atomic E-state index is -0.797. The van der Waals surface area contributed by atoms with Crippen LogP contribution >= 0.6 is 0 Å². The van der Waals surface area contributed by atoms with Crippen LogP contribution in [-0.4, -0.2) is 11.1 Å². The lowest BCUT2D eigenvalue weighted by Gasteiger charge is -2.54. The zero-order valence-corrected chi connectivity index (χ0v) is 9.69. The molecule has 88 valence electrons. The van der Waals surface area contributed by atoms with Gasteiger partial charge in [0.2, 0.25) is 0 Å². The summed E-state index contributed by atoms with van der Waals surface area (Å²) in [6, 6.07) is 0. The van der Waals surface area contributed by atoms with Gasteiger partial charge in [0.05, 0.1) is 0 Å².